The molecule has 2 fully saturated rings. The number of carbonyl (C=O) groups is 2. The van der Waals surface area contributed by atoms with E-state index in [1.807, 2.05) is 18.9 Å². The minimum Gasteiger partial charge on any atom is -0.342 e. The molecule has 2 rings (SSSR count). The van der Waals surface area contributed by atoms with Crippen LogP contribution in [0.4, 0.5) is 0 Å². The first kappa shape index (κ1) is 11.4. The van der Waals surface area contributed by atoms with Gasteiger partial charge in [0.2, 0.25) is 11.8 Å². The molecule has 0 aromatic carbocycles. The SMILES string of the molecule is CCCC1C(=O)N(C)CC2CNCC(=O)N21. The second-order valence-corrected chi connectivity index (χ2v) is 4.61. The highest BCUT2D eigenvalue weighted by molar-refractivity contribution is 5.90. The van der Waals surface area contributed by atoms with Crippen molar-refractivity contribution in [1.29, 1.82) is 0 Å². The molecule has 5 nitrogen and oxygen atoms in total. The fraction of sp³-hybridized carbons (Fsp3) is 0.818. The van der Waals surface area contributed by atoms with Gasteiger partial charge in [-0.3, -0.25) is 9.59 Å². The summed E-state index contributed by atoms with van der Waals surface area (Å²) in [6, 6.07) is -0.0798. The highest BCUT2D eigenvalue weighted by atomic mass is 16.2. The number of piperazine rings is 2. The summed E-state index contributed by atoms with van der Waals surface area (Å²) < 4.78 is 0. The number of nitrogens with one attached hydrogen (secondary N) is 1. The zero-order valence-corrected chi connectivity index (χ0v) is 9.90. The van der Waals surface area contributed by atoms with Crippen molar-refractivity contribution in [3.8, 4) is 0 Å². The van der Waals surface area contributed by atoms with Gasteiger partial charge in [0.15, 0.2) is 0 Å². The van der Waals surface area contributed by atoms with E-state index in [1.165, 1.54) is 0 Å². The largest absolute Gasteiger partial charge is 0.342 e. The van der Waals surface area contributed by atoms with Crippen molar-refractivity contribution in [1.82, 2.24) is 15.1 Å². The van der Waals surface area contributed by atoms with Gasteiger partial charge in [0, 0.05) is 20.1 Å². The van der Waals surface area contributed by atoms with E-state index < -0.39 is 0 Å². The first-order chi connectivity index (χ1) is 7.65. The normalized spacial score (nSPS) is 30.6. The van der Waals surface area contributed by atoms with Crippen molar-refractivity contribution in [2.45, 2.75) is 31.8 Å². The molecule has 2 saturated heterocycles. The first-order valence-electron chi connectivity index (χ1n) is 5.92. The number of nitrogens with zero attached hydrogens (tertiary/aromatic N) is 2. The molecule has 1 N–H and O–H groups in total. The smallest absolute Gasteiger partial charge is 0.245 e. The summed E-state index contributed by atoms with van der Waals surface area (Å²) in [6.07, 6.45) is 1.69. The van der Waals surface area contributed by atoms with Crippen molar-refractivity contribution in [2.24, 2.45) is 0 Å². The van der Waals surface area contributed by atoms with E-state index in [1.54, 1.807) is 4.90 Å². The fourth-order valence-electron chi connectivity index (χ4n) is 2.64. The molecule has 0 radical (unpaired) electrons. The second-order valence-electron chi connectivity index (χ2n) is 4.61. The Morgan fingerprint density at radius 2 is 2.19 bits per heavy atom. The van der Waals surface area contributed by atoms with Crippen LogP contribution in [-0.2, 0) is 9.59 Å². The molecule has 2 aliphatic heterocycles. The van der Waals surface area contributed by atoms with Crippen molar-refractivity contribution >= 4 is 11.8 Å². The molecule has 0 spiro atoms. The molecule has 0 bridgehead atoms. The van der Waals surface area contributed by atoms with E-state index in [9.17, 15) is 9.59 Å². The molecule has 0 saturated carbocycles. The van der Waals surface area contributed by atoms with Gasteiger partial charge >= 0.3 is 0 Å². The van der Waals surface area contributed by atoms with E-state index in [-0.39, 0.29) is 23.9 Å². The summed E-state index contributed by atoms with van der Waals surface area (Å²) in [5.41, 5.74) is 0. The molecule has 2 amide bonds. The molecule has 2 heterocycles. The summed E-state index contributed by atoms with van der Waals surface area (Å²) >= 11 is 0. The van der Waals surface area contributed by atoms with Crippen LogP contribution in [0.1, 0.15) is 19.8 Å². The average Bonchev–Trinajstić information content (AvgIpc) is 2.25. The summed E-state index contributed by atoms with van der Waals surface area (Å²) in [7, 11) is 1.82. The van der Waals surface area contributed by atoms with Crippen molar-refractivity contribution in [3.63, 3.8) is 0 Å². The molecule has 5 heteroatoms. The lowest BCUT2D eigenvalue weighted by atomic mass is 9.99. The molecule has 0 aliphatic carbocycles. The fourth-order valence-corrected chi connectivity index (χ4v) is 2.64. The van der Waals surface area contributed by atoms with Crippen molar-refractivity contribution in [2.75, 3.05) is 26.7 Å². The second kappa shape index (κ2) is 4.41. The molecule has 0 aromatic heterocycles. The highest BCUT2D eigenvalue weighted by Crippen LogP contribution is 2.21. The van der Waals surface area contributed by atoms with Gasteiger partial charge in [0.1, 0.15) is 6.04 Å². The number of carbonyl (C=O) groups excluding carboxylic acids is 2. The minimum atomic E-state index is -0.233. The topological polar surface area (TPSA) is 52.7 Å². The number of fused-ring (bicyclic) bond motifs is 1. The first-order valence-corrected chi connectivity index (χ1v) is 5.92. The lowest BCUT2D eigenvalue weighted by Crippen LogP contribution is -2.68. The van der Waals surface area contributed by atoms with Crippen LogP contribution in [0.3, 0.4) is 0 Å². The Morgan fingerprint density at radius 3 is 2.88 bits per heavy atom. The monoisotopic (exact) mass is 225 g/mol. The van der Waals surface area contributed by atoms with Gasteiger partial charge in [-0.25, -0.2) is 0 Å². The van der Waals surface area contributed by atoms with Crippen molar-refractivity contribution < 1.29 is 9.59 Å². The number of hydrogen-bond donors (Lipinski definition) is 1. The Hall–Kier alpha value is -1.10. The third-order valence-corrected chi connectivity index (χ3v) is 3.38. The highest BCUT2D eigenvalue weighted by Gasteiger charge is 2.42. The zero-order chi connectivity index (χ0) is 11.7. The lowest BCUT2D eigenvalue weighted by molar-refractivity contribution is -0.156. The Morgan fingerprint density at radius 1 is 1.44 bits per heavy atom. The molecule has 16 heavy (non-hydrogen) atoms. The standard InChI is InChI=1S/C11H19N3O2/c1-3-4-9-11(16)13(2)7-8-5-12-6-10(15)14(8)9/h8-9,12H,3-7H2,1-2H3. The third-order valence-electron chi connectivity index (χ3n) is 3.38. The predicted octanol–water partition coefficient (Wildman–Crippen LogP) is -0.572. The van der Waals surface area contributed by atoms with E-state index in [0.717, 1.165) is 19.4 Å². The van der Waals surface area contributed by atoms with Crippen LogP contribution in [0.5, 0.6) is 0 Å². The van der Waals surface area contributed by atoms with E-state index in [2.05, 4.69) is 5.32 Å². The molecule has 90 valence electrons. The van der Waals surface area contributed by atoms with Gasteiger partial charge in [0.25, 0.3) is 0 Å². The Balaban J connectivity index is 2.22. The van der Waals surface area contributed by atoms with Gasteiger partial charge in [-0.1, -0.05) is 13.3 Å². The van der Waals surface area contributed by atoms with Gasteiger partial charge < -0.3 is 15.1 Å². The number of amides is 2. The minimum absolute atomic E-state index is 0.0659. The molecule has 2 unspecified atom stereocenters. The Labute approximate surface area is 95.8 Å². The maximum atomic E-state index is 12.0. The Kier molecular flexibility index (Phi) is 3.14. The summed E-state index contributed by atoms with van der Waals surface area (Å²) in [4.78, 5) is 27.4. The maximum Gasteiger partial charge on any atom is 0.245 e. The van der Waals surface area contributed by atoms with Gasteiger partial charge in [0.05, 0.1) is 12.6 Å². The summed E-state index contributed by atoms with van der Waals surface area (Å²) in [5, 5.41) is 3.10. The predicted molar refractivity (Wildman–Crippen MR) is 59.8 cm³/mol. The van der Waals surface area contributed by atoms with Crippen LogP contribution < -0.4 is 5.32 Å². The summed E-state index contributed by atoms with van der Waals surface area (Å²) in [6.45, 7) is 3.86. The van der Waals surface area contributed by atoms with Gasteiger partial charge in [-0.15, -0.1) is 0 Å². The van der Waals surface area contributed by atoms with Gasteiger partial charge in [-0.2, -0.15) is 0 Å². The molecular weight excluding hydrogens is 206 g/mol. The van der Waals surface area contributed by atoms with E-state index in [4.69, 9.17) is 0 Å². The van der Waals surface area contributed by atoms with Crippen LogP contribution in [0.15, 0.2) is 0 Å². The average molecular weight is 225 g/mol. The molecular formula is C11H19N3O2. The summed E-state index contributed by atoms with van der Waals surface area (Å²) in [5.74, 6) is 0.157. The van der Waals surface area contributed by atoms with Crippen molar-refractivity contribution in [3.05, 3.63) is 0 Å². The van der Waals surface area contributed by atoms with E-state index in [0.29, 0.717) is 13.1 Å². The molecule has 2 atom stereocenters. The third kappa shape index (κ3) is 1.80. The van der Waals surface area contributed by atoms with Crippen LogP contribution in [0.25, 0.3) is 0 Å². The Bertz CT molecular complexity index is 306. The number of rotatable bonds is 2. The van der Waals surface area contributed by atoms with Crippen LogP contribution in [-0.4, -0.2) is 60.4 Å². The quantitative estimate of drug-likeness (QED) is 0.684. The zero-order valence-electron chi connectivity index (χ0n) is 9.90. The van der Waals surface area contributed by atoms with Crippen LogP contribution >= 0.6 is 0 Å². The van der Waals surface area contributed by atoms with Crippen LogP contribution in [0, 0.1) is 0 Å². The maximum absolute atomic E-state index is 12.0. The number of likely N-dealkylation sites (N-methyl/N-ethyl adjacent to an activating group) is 1. The molecule has 0 aromatic rings. The van der Waals surface area contributed by atoms with Gasteiger partial charge in [-0.05, 0) is 6.42 Å². The molecule has 2 aliphatic rings. The van der Waals surface area contributed by atoms with E-state index >= 15 is 0 Å². The lowest BCUT2D eigenvalue weighted by Gasteiger charge is -2.47. The van der Waals surface area contributed by atoms with Crippen LogP contribution in [0.2, 0.25) is 0 Å². The number of hydrogen-bond acceptors (Lipinski definition) is 3.